The third-order valence-corrected chi connectivity index (χ3v) is 2.44. The summed E-state index contributed by atoms with van der Waals surface area (Å²) in [5.74, 6) is -2.08. The number of hydrogen-bond donors (Lipinski definition) is 3. The van der Waals surface area contributed by atoms with Gasteiger partial charge in [0, 0.05) is 13.0 Å². The molecule has 0 aromatic rings. The predicted molar refractivity (Wildman–Crippen MR) is 59.6 cm³/mol. The minimum atomic E-state index is -1.15. The number of imide groups is 1. The minimum Gasteiger partial charge on any atom is -0.480 e. The number of urea groups is 1. The lowest BCUT2D eigenvalue weighted by atomic mass is 10.1. The van der Waals surface area contributed by atoms with Crippen LogP contribution in [-0.4, -0.2) is 52.4 Å². The standard InChI is InChI=1S/C10H15N3O5/c1-10(2)8(17)13(9(18)12-10)4-3-6(14)11-5-7(15)16/h3-5H2,1-2H3,(H,11,14)(H,12,18)(H,15,16). The van der Waals surface area contributed by atoms with Crippen molar-refractivity contribution in [2.75, 3.05) is 13.1 Å². The molecule has 3 N–H and O–H groups in total. The summed E-state index contributed by atoms with van der Waals surface area (Å²) < 4.78 is 0. The number of carboxylic acids is 1. The van der Waals surface area contributed by atoms with Crippen LogP contribution in [0.3, 0.4) is 0 Å². The molecule has 0 atom stereocenters. The molecule has 1 saturated heterocycles. The second kappa shape index (κ2) is 5.03. The van der Waals surface area contributed by atoms with Crippen molar-refractivity contribution in [2.24, 2.45) is 0 Å². The summed E-state index contributed by atoms with van der Waals surface area (Å²) >= 11 is 0. The number of carbonyl (C=O) groups is 4. The average Bonchev–Trinajstić information content (AvgIpc) is 2.43. The summed E-state index contributed by atoms with van der Waals surface area (Å²) in [4.78, 5) is 45.6. The van der Waals surface area contributed by atoms with E-state index in [1.54, 1.807) is 13.8 Å². The first kappa shape index (κ1) is 13.9. The normalized spacial score (nSPS) is 17.6. The molecule has 1 fully saturated rings. The molecule has 0 aliphatic carbocycles. The first-order chi connectivity index (χ1) is 8.24. The van der Waals surface area contributed by atoms with Gasteiger partial charge in [0.1, 0.15) is 12.1 Å². The van der Waals surface area contributed by atoms with E-state index >= 15 is 0 Å². The first-order valence-corrected chi connectivity index (χ1v) is 5.36. The van der Waals surface area contributed by atoms with Gasteiger partial charge in [0.25, 0.3) is 5.91 Å². The van der Waals surface area contributed by atoms with Crippen molar-refractivity contribution in [3.05, 3.63) is 0 Å². The summed E-state index contributed by atoms with van der Waals surface area (Å²) in [6.07, 6.45) is -0.123. The van der Waals surface area contributed by atoms with E-state index in [4.69, 9.17) is 5.11 Å². The summed E-state index contributed by atoms with van der Waals surface area (Å²) in [5.41, 5.74) is -0.964. The molecule has 0 aromatic carbocycles. The van der Waals surface area contributed by atoms with Crippen LogP contribution in [0.1, 0.15) is 20.3 Å². The molecule has 4 amide bonds. The van der Waals surface area contributed by atoms with Gasteiger partial charge < -0.3 is 15.7 Å². The largest absolute Gasteiger partial charge is 0.480 e. The SMILES string of the molecule is CC1(C)NC(=O)N(CCC(=O)NCC(=O)O)C1=O. The van der Waals surface area contributed by atoms with Crippen molar-refractivity contribution in [3.63, 3.8) is 0 Å². The van der Waals surface area contributed by atoms with Crippen LogP contribution >= 0.6 is 0 Å². The van der Waals surface area contributed by atoms with Gasteiger partial charge in [0.05, 0.1) is 0 Å². The molecule has 8 nitrogen and oxygen atoms in total. The highest BCUT2D eigenvalue weighted by molar-refractivity contribution is 6.06. The molecule has 0 unspecified atom stereocenters. The van der Waals surface area contributed by atoms with E-state index in [2.05, 4.69) is 10.6 Å². The van der Waals surface area contributed by atoms with Crippen LogP contribution in [0.25, 0.3) is 0 Å². The Bertz CT molecular complexity index is 404. The molecule has 18 heavy (non-hydrogen) atoms. The van der Waals surface area contributed by atoms with Gasteiger partial charge in [-0.15, -0.1) is 0 Å². The third kappa shape index (κ3) is 3.19. The second-order valence-corrected chi connectivity index (χ2v) is 4.43. The third-order valence-electron chi connectivity index (χ3n) is 2.44. The lowest BCUT2D eigenvalue weighted by Crippen LogP contribution is -2.41. The Morgan fingerprint density at radius 3 is 2.44 bits per heavy atom. The summed E-state index contributed by atoms with van der Waals surface area (Å²) in [6.45, 7) is 2.58. The molecule has 8 heteroatoms. The monoisotopic (exact) mass is 257 g/mol. The van der Waals surface area contributed by atoms with Crippen molar-refractivity contribution >= 4 is 23.8 Å². The molecule has 0 bridgehead atoms. The van der Waals surface area contributed by atoms with E-state index in [0.717, 1.165) is 4.90 Å². The number of nitrogens with zero attached hydrogens (tertiary/aromatic N) is 1. The number of amides is 4. The van der Waals surface area contributed by atoms with Gasteiger partial charge in [-0.2, -0.15) is 0 Å². The number of hydrogen-bond acceptors (Lipinski definition) is 4. The Morgan fingerprint density at radius 1 is 1.39 bits per heavy atom. The highest BCUT2D eigenvalue weighted by Crippen LogP contribution is 2.16. The van der Waals surface area contributed by atoms with E-state index in [-0.39, 0.29) is 13.0 Å². The van der Waals surface area contributed by atoms with E-state index in [1.165, 1.54) is 0 Å². The topological polar surface area (TPSA) is 116 Å². The average molecular weight is 257 g/mol. The summed E-state index contributed by atoms with van der Waals surface area (Å²) in [6, 6.07) is -0.545. The van der Waals surface area contributed by atoms with Crippen LogP contribution in [0.4, 0.5) is 4.79 Å². The van der Waals surface area contributed by atoms with Gasteiger partial charge in [0.2, 0.25) is 5.91 Å². The van der Waals surface area contributed by atoms with E-state index < -0.39 is 35.9 Å². The zero-order chi connectivity index (χ0) is 13.9. The van der Waals surface area contributed by atoms with Gasteiger partial charge in [-0.25, -0.2) is 4.79 Å². The van der Waals surface area contributed by atoms with Crippen molar-refractivity contribution < 1.29 is 24.3 Å². The van der Waals surface area contributed by atoms with Crippen LogP contribution in [-0.2, 0) is 14.4 Å². The summed E-state index contributed by atoms with van der Waals surface area (Å²) in [7, 11) is 0. The van der Waals surface area contributed by atoms with Crippen molar-refractivity contribution in [2.45, 2.75) is 25.8 Å². The number of rotatable bonds is 5. The Morgan fingerprint density at radius 2 is 2.00 bits per heavy atom. The molecule has 0 saturated carbocycles. The highest BCUT2D eigenvalue weighted by atomic mass is 16.4. The van der Waals surface area contributed by atoms with Gasteiger partial charge in [-0.05, 0) is 13.8 Å². The molecular formula is C10H15N3O5. The van der Waals surface area contributed by atoms with Crippen molar-refractivity contribution in [1.82, 2.24) is 15.5 Å². The Balaban J connectivity index is 2.45. The molecule has 1 aliphatic heterocycles. The first-order valence-electron chi connectivity index (χ1n) is 5.36. The van der Waals surface area contributed by atoms with E-state index in [1.807, 2.05) is 0 Å². The molecule has 0 spiro atoms. The molecular weight excluding hydrogens is 242 g/mol. The van der Waals surface area contributed by atoms with E-state index in [9.17, 15) is 19.2 Å². The Hall–Kier alpha value is -2.12. The van der Waals surface area contributed by atoms with Crippen LogP contribution in [0, 0.1) is 0 Å². The highest BCUT2D eigenvalue weighted by Gasteiger charge is 2.43. The number of aliphatic carboxylic acids is 1. The number of carboxylic acid groups (broad SMARTS) is 1. The van der Waals surface area contributed by atoms with Gasteiger partial charge in [-0.3, -0.25) is 19.3 Å². The lowest BCUT2D eigenvalue weighted by Gasteiger charge is -2.15. The zero-order valence-corrected chi connectivity index (χ0v) is 10.1. The molecule has 0 radical (unpaired) electrons. The number of carbonyl (C=O) groups excluding carboxylic acids is 3. The van der Waals surface area contributed by atoms with Gasteiger partial charge >= 0.3 is 12.0 Å². The summed E-state index contributed by atoms with van der Waals surface area (Å²) in [5, 5.41) is 13.0. The maximum absolute atomic E-state index is 11.7. The van der Waals surface area contributed by atoms with Crippen LogP contribution in [0.15, 0.2) is 0 Å². The fraction of sp³-hybridized carbons (Fsp3) is 0.600. The fourth-order valence-corrected chi connectivity index (χ4v) is 1.50. The van der Waals surface area contributed by atoms with Gasteiger partial charge in [0.15, 0.2) is 0 Å². The maximum atomic E-state index is 11.7. The molecule has 1 rings (SSSR count). The quantitative estimate of drug-likeness (QED) is 0.541. The van der Waals surface area contributed by atoms with Crippen LogP contribution in [0.2, 0.25) is 0 Å². The Labute approximate surface area is 103 Å². The Kier molecular flexibility index (Phi) is 3.89. The molecule has 100 valence electrons. The second-order valence-electron chi connectivity index (χ2n) is 4.43. The predicted octanol–water partition coefficient (Wildman–Crippen LogP) is -1.09. The smallest absolute Gasteiger partial charge is 0.325 e. The number of nitrogens with one attached hydrogen (secondary N) is 2. The van der Waals surface area contributed by atoms with Crippen LogP contribution < -0.4 is 10.6 Å². The van der Waals surface area contributed by atoms with Crippen molar-refractivity contribution in [1.29, 1.82) is 0 Å². The zero-order valence-electron chi connectivity index (χ0n) is 10.1. The van der Waals surface area contributed by atoms with Crippen molar-refractivity contribution in [3.8, 4) is 0 Å². The fourth-order valence-electron chi connectivity index (χ4n) is 1.50. The van der Waals surface area contributed by atoms with E-state index in [0.29, 0.717) is 0 Å². The minimum absolute atomic E-state index is 0.0699. The molecule has 1 heterocycles. The van der Waals surface area contributed by atoms with Gasteiger partial charge in [-0.1, -0.05) is 0 Å². The lowest BCUT2D eigenvalue weighted by molar-refractivity contribution is -0.138. The maximum Gasteiger partial charge on any atom is 0.325 e. The molecule has 1 aliphatic rings. The molecule has 0 aromatic heterocycles. The van der Waals surface area contributed by atoms with Crippen LogP contribution in [0.5, 0.6) is 0 Å².